The molecule has 0 saturated heterocycles. The fourth-order valence-corrected chi connectivity index (χ4v) is 2.78. The number of esters is 1. The Hall–Kier alpha value is -1.80. The largest absolute Gasteiger partial charge is 0.465 e. The Balaban J connectivity index is 2.60. The molecule has 0 saturated carbocycles. The summed E-state index contributed by atoms with van der Waals surface area (Å²) in [7, 11) is 0. The van der Waals surface area contributed by atoms with Gasteiger partial charge in [0.2, 0.25) is 0 Å². The Morgan fingerprint density at radius 3 is 2.67 bits per heavy atom. The number of carbonyl (C=O) groups is 1. The maximum Gasteiger partial charge on any atom is 0.327 e. The van der Waals surface area contributed by atoms with Crippen molar-refractivity contribution < 1.29 is 13.7 Å². The first-order valence-electron chi connectivity index (χ1n) is 7.87. The Kier molecular flexibility index (Phi) is 6.06. The molecular weight excluding hydrogens is 330 g/mol. The van der Waals surface area contributed by atoms with Gasteiger partial charge >= 0.3 is 5.97 Å². The number of hydrogen-bond acceptors (Lipinski definition) is 6. The van der Waals surface area contributed by atoms with E-state index in [0.717, 1.165) is 10.2 Å². The number of carbonyl (C=O) groups excluding carboxylic acids is 1. The number of aromatic nitrogens is 3. The lowest BCUT2D eigenvalue weighted by Gasteiger charge is -2.14. The molecule has 7 nitrogen and oxygen atoms in total. The molecule has 132 valence electrons. The molecule has 24 heavy (non-hydrogen) atoms. The van der Waals surface area contributed by atoms with Crippen molar-refractivity contribution in [2.24, 2.45) is 0 Å². The Morgan fingerprint density at radius 1 is 1.38 bits per heavy atom. The zero-order chi connectivity index (χ0) is 17.9. The first kappa shape index (κ1) is 18.5. The van der Waals surface area contributed by atoms with Crippen LogP contribution in [0.1, 0.15) is 51.1 Å². The van der Waals surface area contributed by atoms with E-state index in [-0.39, 0.29) is 30.7 Å². The van der Waals surface area contributed by atoms with Crippen molar-refractivity contribution in [3.05, 3.63) is 34.0 Å². The third-order valence-electron chi connectivity index (χ3n) is 3.62. The fourth-order valence-electron chi connectivity index (χ4n) is 2.40. The maximum absolute atomic E-state index is 12.7. The van der Waals surface area contributed by atoms with Gasteiger partial charge in [-0.25, -0.2) is 4.68 Å². The monoisotopic (exact) mass is 353 g/mol. The molecular formula is C16H23N3O4S. The van der Waals surface area contributed by atoms with Crippen LogP contribution in [0.5, 0.6) is 0 Å². The lowest BCUT2D eigenvalue weighted by Crippen LogP contribution is -2.31. The molecule has 2 aromatic rings. The van der Waals surface area contributed by atoms with E-state index in [0.29, 0.717) is 11.3 Å². The molecule has 0 spiro atoms. The van der Waals surface area contributed by atoms with Gasteiger partial charge in [-0.3, -0.25) is 14.0 Å². The molecule has 1 atom stereocenters. The summed E-state index contributed by atoms with van der Waals surface area (Å²) < 4.78 is 13.4. The van der Waals surface area contributed by atoms with Crippen LogP contribution in [0.3, 0.4) is 0 Å². The van der Waals surface area contributed by atoms with Crippen molar-refractivity contribution in [2.45, 2.75) is 46.3 Å². The summed E-state index contributed by atoms with van der Waals surface area (Å²) >= 11 is 1.23. The summed E-state index contributed by atoms with van der Waals surface area (Å²) in [4.78, 5) is 24.4. The highest BCUT2D eigenvalue weighted by Crippen LogP contribution is 2.23. The maximum atomic E-state index is 12.7. The lowest BCUT2D eigenvalue weighted by atomic mass is 10.1. The van der Waals surface area contributed by atoms with Crippen LogP contribution in [0.2, 0.25) is 0 Å². The highest BCUT2D eigenvalue weighted by Gasteiger charge is 2.20. The van der Waals surface area contributed by atoms with E-state index in [1.165, 1.54) is 12.0 Å². The van der Waals surface area contributed by atoms with E-state index in [1.807, 2.05) is 25.4 Å². The Morgan fingerprint density at radius 2 is 2.08 bits per heavy atom. The minimum Gasteiger partial charge on any atom is -0.465 e. The lowest BCUT2D eigenvalue weighted by molar-refractivity contribution is -0.144. The molecule has 0 aromatic carbocycles. The smallest absolute Gasteiger partial charge is 0.327 e. The second-order valence-electron chi connectivity index (χ2n) is 5.71. The van der Waals surface area contributed by atoms with Crippen molar-refractivity contribution in [1.82, 2.24) is 14.2 Å². The number of rotatable bonds is 7. The predicted molar refractivity (Wildman–Crippen MR) is 93.2 cm³/mol. The quantitative estimate of drug-likeness (QED) is 0.562. The Bertz CT molecular complexity index is 781. The van der Waals surface area contributed by atoms with Gasteiger partial charge in [0, 0.05) is 12.5 Å². The van der Waals surface area contributed by atoms with Gasteiger partial charge in [-0.2, -0.15) is 5.10 Å². The fraction of sp³-hybridized carbons (Fsp3) is 0.562. The summed E-state index contributed by atoms with van der Waals surface area (Å²) in [5.74, 6) is 0.346. The summed E-state index contributed by atoms with van der Waals surface area (Å²) in [6, 6.07) is 1.84. The van der Waals surface area contributed by atoms with Gasteiger partial charge in [0.25, 0.3) is 5.56 Å². The standard InChI is InChI=1S/C16H23N3O4S/c1-6-22-14(20)9-19-16(21)13-7-12(10(2)3)8-18(13)15(17-19)11(4)23-24-5/h7-8,10-11H,6,9H2,1-5H3. The van der Waals surface area contributed by atoms with Gasteiger partial charge in [-0.05, 0) is 43.4 Å². The average molecular weight is 353 g/mol. The molecule has 0 bridgehead atoms. The second kappa shape index (κ2) is 7.85. The van der Waals surface area contributed by atoms with Crippen LogP contribution in [-0.2, 0) is 20.3 Å². The second-order valence-corrected chi connectivity index (χ2v) is 6.24. The molecule has 2 aromatic heterocycles. The minimum absolute atomic E-state index is 0.218. The summed E-state index contributed by atoms with van der Waals surface area (Å²) in [6.45, 7) is 7.73. The van der Waals surface area contributed by atoms with Crippen molar-refractivity contribution in [3.8, 4) is 0 Å². The van der Waals surface area contributed by atoms with Gasteiger partial charge in [0.15, 0.2) is 5.82 Å². The number of fused-ring (bicyclic) bond motifs is 1. The van der Waals surface area contributed by atoms with E-state index in [2.05, 4.69) is 18.9 Å². The van der Waals surface area contributed by atoms with Gasteiger partial charge < -0.3 is 8.92 Å². The SMILES string of the molecule is CCOC(=O)Cn1nc(C(C)OSC)n2cc(C(C)C)cc2c1=O. The first-order valence-corrected chi connectivity index (χ1v) is 9.02. The van der Waals surface area contributed by atoms with Crippen LogP contribution in [0.15, 0.2) is 17.1 Å². The molecule has 0 aliphatic rings. The zero-order valence-corrected chi connectivity index (χ0v) is 15.4. The summed E-state index contributed by atoms with van der Waals surface area (Å²) in [6.07, 6.45) is 3.37. The zero-order valence-electron chi connectivity index (χ0n) is 14.6. The van der Waals surface area contributed by atoms with Gasteiger partial charge in [0.05, 0.1) is 6.61 Å². The van der Waals surface area contributed by atoms with Crippen LogP contribution >= 0.6 is 12.0 Å². The van der Waals surface area contributed by atoms with Crippen molar-refractivity contribution in [2.75, 3.05) is 12.9 Å². The van der Waals surface area contributed by atoms with Crippen LogP contribution in [0.25, 0.3) is 5.52 Å². The van der Waals surface area contributed by atoms with Crippen LogP contribution < -0.4 is 5.56 Å². The Labute approximate surface area is 145 Å². The highest BCUT2D eigenvalue weighted by atomic mass is 32.2. The molecule has 2 rings (SSSR count). The molecule has 0 fully saturated rings. The molecule has 0 amide bonds. The third kappa shape index (κ3) is 3.81. The number of hydrogen-bond donors (Lipinski definition) is 0. The summed E-state index contributed by atoms with van der Waals surface area (Å²) in [5, 5.41) is 4.34. The highest BCUT2D eigenvalue weighted by molar-refractivity contribution is 7.93. The van der Waals surface area contributed by atoms with Gasteiger partial charge in [-0.1, -0.05) is 13.8 Å². The first-order chi connectivity index (χ1) is 11.4. The van der Waals surface area contributed by atoms with E-state index in [1.54, 1.807) is 11.3 Å². The predicted octanol–water partition coefficient (Wildman–Crippen LogP) is 2.54. The molecule has 8 heteroatoms. The normalized spacial score (nSPS) is 12.8. The molecule has 1 unspecified atom stereocenters. The van der Waals surface area contributed by atoms with Crippen LogP contribution in [-0.4, -0.2) is 33.0 Å². The third-order valence-corrected chi connectivity index (χ3v) is 4.10. The molecule has 0 aliphatic carbocycles. The molecule has 0 N–H and O–H groups in total. The van der Waals surface area contributed by atoms with Crippen molar-refractivity contribution in [1.29, 1.82) is 0 Å². The van der Waals surface area contributed by atoms with E-state index in [9.17, 15) is 9.59 Å². The molecule has 0 aliphatic heterocycles. The van der Waals surface area contributed by atoms with E-state index in [4.69, 9.17) is 8.92 Å². The van der Waals surface area contributed by atoms with Crippen LogP contribution in [0, 0.1) is 0 Å². The van der Waals surface area contributed by atoms with E-state index >= 15 is 0 Å². The van der Waals surface area contributed by atoms with Crippen molar-refractivity contribution in [3.63, 3.8) is 0 Å². The molecule has 2 heterocycles. The number of nitrogens with zero attached hydrogens (tertiary/aromatic N) is 3. The molecule has 0 radical (unpaired) electrons. The van der Waals surface area contributed by atoms with Gasteiger partial charge in [-0.15, -0.1) is 0 Å². The van der Waals surface area contributed by atoms with Crippen molar-refractivity contribution >= 4 is 23.5 Å². The van der Waals surface area contributed by atoms with Gasteiger partial charge in [0.1, 0.15) is 18.2 Å². The van der Waals surface area contributed by atoms with E-state index < -0.39 is 5.97 Å². The van der Waals surface area contributed by atoms with Crippen LogP contribution in [0.4, 0.5) is 0 Å². The number of ether oxygens (including phenoxy) is 1. The minimum atomic E-state index is -0.489. The topological polar surface area (TPSA) is 74.8 Å². The summed E-state index contributed by atoms with van der Waals surface area (Å²) in [5.41, 5.74) is 1.18. The average Bonchev–Trinajstić information content (AvgIpc) is 2.96.